The van der Waals surface area contributed by atoms with E-state index in [1.54, 1.807) is 23.5 Å². The molecule has 0 amide bonds. The van der Waals surface area contributed by atoms with Gasteiger partial charge in [0.1, 0.15) is 5.75 Å². The molecule has 0 saturated carbocycles. The Bertz CT molecular complexity index is 1160. The second-order valence-corrected chi connectivity index (χ2v) is 9.38. The van der Waals surface area contributed by atoms with Crippen molar-refractivity contribution < 1.29 is 27.2 Å². The molecule has 0 spiro atoms. The Morgan fingerprint density at radius 3 is 2.03 bits per heavy atom. The molecule has 0 atom stereocenters. The maximum Gasteiger partial charge on any atom is 0.513 e. The second-order valence-electron chi connectivity index (χ2n) is 6.91. The van der Waals surface area contributed by atoms with E-state index in [9.17, 15) is 13.2 Å². The molecule has 0 aliphatic heterocycles. The fourth-order valence-corrected chi connectivity index (χ4v) is 3.64. The van der Waals surface area contributed by atoms with Crippen molar-refractivity contribution in [2.45, 2.75) is 12.8 Å². The monoisotopic (exact) mass is 486 g/mol. The summed E-state index contributed by atoms with van der Waals surface area (Å²) in [6.07, 6.45) is 1.69. The molecule has 33 heavy (non-hydrogen) atoms. The van der Waals surface area contributed by atoms with Crippen molar-refractivity contribution in [1.82, 2.24) is 0 Å². The summed E-state index contributed by atoms with van der Waals surface area (Å²) in [5.74, 6) is 0.472. The van der Waals surface area contributed by atoms with Gasteiger partial charge in [-0.25, -0.2) is 4.79 Å². The SMILES string of the molecule is COC(=O)Oc1ccc(Cc2sccccccc2Cc2ccccc2)cc1.CS(=O)(=O)O. The first-order chi connectivity index (χ1) is 15.7. The van der Waals surface area contributed by atoms with Crippen LogP contribution in [0.3, 0.4) is 0 Å². The Morgan fingerprint density at radius 2 is 1.39 bits per heavy atom. The lowest BCUT2D eigenvalue weighted by Crippen LogP contribution is -2.07. The molecule has 0 aliphatic carbocycles. The van der Waals surface area contributed by atoms with Gasteiger partial charge in [0.05, 0.1) is 13.4 Å². The van der Waals surface area contributed by atoms with Crippen LogP contribution >= 0.6 is 11.3 Å². The summed E-state index contributed by atoms with van der Waals surface area (Å²) in [6, 6.07) is 28.4. The molecule has 3 aromatic rings. The highest BCUT2D eigenvalue weighted by Gasteiger charge is 2.06. The summed E-state index contributed by atoms with van der Waals surface area (Å²) >= 11 is 1.74. The van der Waals surface area contributed by atoms with Gasteiger partial charge in [0.15, 0.2) is 0 Å². The third-order valence-corrected chi connectivity index (χ3v) is 5.16. The largest absolute Gasteiger partial charge is 0.513 e. The van der Waals surface area contributed by atoms with E-state index in [0.29, 0.717) is 12.0 Å². The third kappa shape index (κ3) is 11.3. The van der Waals surface area contributed by atoms with Crippen LogP contribution in [0.15, 0.2) is 90.3 Å². The number of carbonyl (C=O) groups excluding carboxylic acids is 1. The predicted molar refractivity (Wildman–Crippen MR) is 131 cm³/mol. The van der Waals surface area contributed by atoms with Gasteiger partial charge in [-0.1, -0.05) is 72.8 Å². The average molecular weight is 487 g/mol. The maximum absolute atomic E-state index is 11.2. The van der Waals surface area contributed by atoms with Gasteiger partial charge in [0, 0.05) is 11.3 Å². The van der Waals surface area contributed by atoms with Gasteiger partial charge >= 0.3 is 6.16 Å². The van der Waals surface area contributed by atoms with E-state index in [0.717, 1.165) is 18.4 Å². The zero-order valence-corrected chi connectivity index (χ0v) is 20.0. The van der Waals surface area contributed by atoms with Gasteiger partial charge in [-0.2, -0.15) is 8.42 Å². The Balaban J connectivity index is 0.000000696. The first-order valence-electron chi connectivity index (χ1n) is 9.94. The standard InChI is InChI=1S/C24H22O3S.CH4O3S/c1-26-24(25)27-22-14-12-20(13-15-22)18-23-21(11-7-2-3-8-16-28-23)17-19-9-5-4-6-10-19;1-5(2,3)4/h2-16H,17-18H2,1H3;1H3,(H,2,3,4). The minimum Gasteiger partial charge on any atom is -0.437 e. The van der Waals surface area contributed by atoms with E-state index in [-0.39, 0.29) is 0 Å². The summed E-state index contributed by atoms with van der Waals surface area (Å²) in [4.78, 5) is 12.5. The van der Waals surface area contributed by atoms with E-state index < -0.39 is 16.3 Å². The van der Waals surface area contributed by atoms with Crippen LogP contribution in [0.4, 0.5) is 4.79 Å². The normalized spacial score (nSPS) is 10.3. The average Bonchev–Trinajstić information content (AvgIpc) is 2.87. The first kappa shape index (κ1) is 26.1. The van der Waals surface area contributed by atoms with Gasteiger partial charge < -0.3 is 9.47 Å². The van der Waals surface area contributed by atoms with Crippen LogP contribution in [0.25, 0.3) is 0 Å². The number of hydrogen-bond donors (Lipinski definition) is 1. The molecule has 6 nitrogen and oxygen atoms in total. The molecule has 0 bridgehead atoms. The lowest BCUT2D eigenvalue weighted by Gasteiger charge is -2.08. The molecule has 3 rings (SSSR count). The van der Waals surface area contributed by atoms with Crippen LogP contribution in [-0.2, 0) is 27.7 Å². The van der Waals surface area contributed by atoms with Crippen molar-refractivity contribution in [1.29, 1.82) is 0 Å². The molecule has 1 N–H and O–H groups in total. The topological polar surface area (TPSA) is 89.9 Å². The van der Waals surface area contributed by atoms with Crippen LogP contribution in [0.5, 0.6) is 5.75 Å². The lowest BCUT2D eigenvalue weighted by molar-refractivity contribution is 0.121. The van der Waals surface area contributed by atoms with Crippen LogP contribution < -0.4 is 4.74 Å². The quantitative estimate of drug-likeness (QED) is 0.283. The van der Waals surface area contributed by atoms with Gasteiger partial charge in [-0.15, -0.1) is 11.3 Å². The fourth-order valence-electron chi connectivity index (χ4n) is 2.76. The molecular formula is C25H26O6S2. The highest BCUT2D eigenvalue weighted by molar-refractivity contribution is 7.85. The highest BCUT2D eigenvalue weighted by Crippen LogP contribution is 2.22. The highest BCUT2D eigenvalue weighted by atomic mass is 32.2. The molecule has 0 aliphatic rings. The summed E-state index contributed by atoms with van der Waals surface area (Å²) in [7, 11) is -2.37. The molecule has 0 unspecified atom stereocenters. The predicted octanol–water partition coefficient (Wildman–Crippen LogP) is 5.70. The number of ether oxygens (including phenoxy) is 2. The summed E-state index contributed by atoms with van der Waals surface area (Å²) in [5.41, 5.74) is 3.73. The fraction of sp³-hybridized carbons (Fsp3) is 0.160. The molecule has 174 valence electrons. The van der Waals surface area contributed by atoms with Crippen LogP contribution in [0.2, 0.25) is 0 Å². The molecule has 1 aromatic heterocycles. The Labute approximate surface area is 198 Å². The Kier molecular flexibility index (Phi) is 10.6. The van der Waals surface area contributed by atoms with E-state index >= 15 is 0 Å². The molecule has 0 fully saturated rings. The van der Waals surface area contributed by atoms with Gasteiger partial charge in [0.2, 0.25) is 0 Å². The van der Waals surface area contributed by atoms with Crippen molar-refractivity contribution in [2.75, 3.05) is 13.4 Å². The number of carbonyl (C=O) groups is 1. The number of rotatable bonds is 5. The molecular weight excluding hydrogens is 460 g/mol. The van der Waals surface area contributed by atoms with Crippen LogP contribution in [-0.4, -0.2) is 32.5 Å². The summed E-state index contributed by atoms with van der Waals surface area (Å²) in [6.45, 7) is 0. The molecule has 8 heteroatoms. The van der Waals surface area contributed by atoms with Crippen molar-refractivity contribution in [3.63, 3.8) is 0 Å². The number of hydrogen-bond acceptors (Lipinski definition) is 6. The van der Waals surface area contributed by atoms with E-state index in [1.807, 2.05) is 36.4 Å². The molecule has 1 heterocycles. The van der Waals surface area contributed by atoms with E-state index in [2.05, 4.69) is 46.5 Å². The van der Waals surface area contributed by atoms with Crippen LogP contribution in [0, 0.1) is 0 Å². The first-order valence-corrected chi connectivity index (χ1v) is 12.7. The zero-order valence-electron chi connectivity index (χ0n) is 18.4. The number of benzene rings is 2. The summed E-state index contributed by atoms with van der Waals surface area (Å²) in [5, 5.41) is 2.11. The second kappa shape index (κ2) is 13.4. The lowest BCUT2D eigenvalue weighted by atomic mass is 10.0. The molecule has 2 aromatic carbocycles. The molecule has 0 saturated heterocycles. The van der Waals surface area contributed by atoms with Crippen molar-refractivity contribution in [3.8, 4) is 5.75 Å². The van der Waals surface area contributed by atoms with Gasteiger partial charge in [-0.05, 0) is 40.6 Å². The van der Waals surface area contributed by atoms with Crippen molar-refractivity contribution >= 4 is 27.6 Å². The minimum atomic E-state index is -3.67. The van der Waals surface area contributed by atoms with E-state index in [4.69, 9.17) is 9.29 Å². The smallest absolute Gasteiger partial charge is 0.437 e. The Morgan fingerprint density at radius 1 is 0.848 bits per heavy atom. The third-order valence-electron chi connectivity index (χ3n) is 4.17. The number of methoxy groups -OCH3 is 1. The van der Waals surface area contributed by atoms with Gasteiger partial charge in [-0.3, -0.25) is 4.55 Å². The maximum atomic E-state index is 11.2. The van der Waals surface area contributed by atoms with Gasteiger partial charge in [0.25, 0.3) is 10.1 Å². The van der Waals surface area contributed by atoms with Crippen molar-refractivity contribution in [2.24, 2.45) is 0 Å². The zero-order chi connectivity index (χ0) is 24.1. The molecule has 0 radical (unpaired) electrons. The Hall–Kier alpha value is -3.20. The van der Waals surface area contributed by atoms with Crippen molar-refractivity contribution in [3.05, 3.63) is 112 Å². The van der Waals surface area contributed by atoms with E-state index in [1.165, 1.54) is 23.1 Å². The minimum absolute atomic E-state index is 0.472. The van der Waals surface area contributed by atoms with Crippen LogP contribution in [0.1, 0.15) is 21.6 Å². The summed E-state index contributed by atoms with van der Waals surface area (Å²) < 4.78 is 35.4.